The highest BCUT2D eigenvalue weighted by Crippen LogP contribution is 2.16. The monoisotopic (exact) mass is 379 g/mol. The normalized spacial score (nSPS) is 10.6. The zero-order valence-electron chi connectivity index (χ0n) is 9.94. The molecule has 0 aliphatic heterocycles. The molecule has 0 saturated carbocycles. The summed E-state index contributed by atoms with van der Waals surface area (Å²) >= 11 is 6.73. The second-order valence-electron chi connectivity index (χ2n) is 3.88. The molecule has 0 atom stereocenters. The molecule has 0 saturated heterocycles. The van der Waals surface area contributed by atoms with Crippen LogP contribution >= 0.6 is 31.9 Å². The molecule has 2 aromatic rings. The minimum absolute atomic E-state index is 0.152. The second-order valence-corrected chi connectivity index (χ2v) is 5.72. The fraction of sp³-hybridized carbons (Fsp3) is 0. The van der Waals surface area contributed by atoms with Crippen molar-refractivity contribution < 1.29 is 4.79 Å². The summed E-state index contributed by atoms with van der Waals surface area (Å²) in [4.78, 5) is 11.7. The van der Waals surface area contributed by atoms with Crippen molar-refractivity contribution in [3.05, 3.63) is 69.1 Å². The van der Waals surface area contributed by atoms with Crippen LogP contribution in [0.5, 0.6) is 0 Å². The van der Waals surface area contributed by atoms with E-state index in [1.54, 1.807) is 6.08 Å². The number of hydrogen-bond donors (Lipinski definition) is 1. The van der Waals surface area contributed by atoms with Gasteiger partial charge in [-0.2, -0.15) is 0 Å². The Morgan fingerprint density at radius 1 is 1.00 bits per heavy atom. The molecule has 2 rings (SSSR count). The summed E-state index contributed by atoms with van der Waals surface area (Å²) in [6.45, 7) is 0. The Labute approximate surface area is 128 Å². The van der Waals surface area contributed by atoms with E-state index in [1.807, 2.05) is 48.5 Å². The van der Waals surface area contributed by atoms with Crippen molar-refractivity contribution in [3.63, 3.8) is 0 Å². The van der Waals surface area contributed by atoms with Crippen LogP contribution in [0.2, 0.25) is 0 Å². The van der Waals surface area contributed by atoms with E-state index in [9.17, 15) is 4.79 Å². The van der Waals surface area contributed by atoms with Crippen molar-refractivity contribution >= 4 is 49.5 Å². The van der Waals surface area contributed by atoms with Crippen molar-refractivity contribution in [3.8, 4) is 0 Å². The van der Waals surface area contributed by atoms with Crippen LogP contribution in [-0.4, -0.2) is 5.91 Å². The van der Waals surface area contributed by atoms with Crippen LogP contribution in [0.25, 0.3) is 6.08 Å². The maximum atomic E-state index is 11.7. The zero-order valence-corrected chi connectivity index (χ0v) is 13.1. The molecule has 0 fully saturated rings. The smallest absolute Gasteiger partial charge is 0.248 e. The maximum absolute atomic E-state index is 11.7. The summed E-state index contributed by atoms with van der Waals surface area (Å²) < 4.78 is 1.95. The molecular formula is C15H11Br2NO. The van der Waals surface area contributed by atoms with E-state index in [0.717, 1.165) is 20.2 Å². The Morgan fingerprint density at radius 2 is 1.74 bits per heavy atom. The molecule has 0 aliphatic carbocycles. The number of nitrogens with one attached hydrogen (secondary N) is 1. The lowest BCUT2D eigenvalue weighted by molar-refractivity contribution is -0.111. The van der Waals surface area contributed by atoms with Gasteiger partial charge in [0.25, 0.3) is 0 Å². The number of amides is 1. The molecule has 0 aromatic heterocycles. The first-order valence-electron chi connectivity index (χ1n) is 5.64. The molecule has 0 unspecified atom stereocenters. The average Bonchev–Trinajstić information content (AvgIpc) is 2.38. The summed E-state index contributed by atoms with van der Waals surface area (Å²) in [5.74, 6) is -0.152. The van der Waals surface area contributed by atoms with Gasteiger partial charge in [-0.3, -0.25) is 4.79 Å². The van der Waals surface area contributed by atoms with Gasteiger partial charge in [-0.1, -0.05) is 50.1 Å². The highest BCUT2D eigenvalue weighted by Gasteiger charge is 1.98. The van der Waals surface area contributed by atoms with Crippen molar-refractivity contribution in [2.75, 3.05) is 5.32 Å². The van der Waals surface area contributed by atoms with Gasteiger partial charge < -0.3 is 5.32 Å². The number of halogens is 2. The van der Waals surface area contributed by atoms with E-state index in [2.05, 4.69) is 37.2 Å². The number of anilines is 1. The van der Waals surface area contributed by atoms with Crippen LogP contribution in [0, 0.1) is 0 Å². The van der Waals surface area contributed by atoms with E-state index in [-0.39, 0.29) is 5.91 Å². The van der Waals surface area contributed by atoms with Crippen LogP contribution in [0.15, 0.2) is 63.6 Å². The van der Waals surface area contributed by atoms with Crippen molar-refractivity contribution in [1.29, 1.82) is 0 Å². The molecule has 2 nitrogen and oxygen atoms in total. The topological polar surface area (TPSA) is 29.1 Å². The third kappa shape index (κ3) is 4.65. The first-order chi connectivity index (χ1) is 9.13. The molecule has 1 amide bonds. The SMILES string of the molecule is O=C(C=Cc1ccc(Br)cc1)Nc1cccc(Br)c1. The molecule has 0 heterocycles. The Kier molecular flexibility index (Phi) is 4.93. The molecule has 96 valence electrons. The van der Waals surface area contributed by atoms with Gasteiger partial charge in [0.2, 0.25) is 5.91 Å². The van der Waals surface area contributed by atoms with Gasteiger partial charge in [-0.05, 0) is 42.0 Å². The fourth-order valence-corrected chi connectivity index (χ4v) is 2.16. The molecule has 19 heavy (non-hydrogen) atoms. The Bertz CT molecular complexity index is 606. The highest BCUT2D eigenvalue weighted by molar-refractivity contribution is 9.10. The standard InChI is InChI=1S/C15H11Br2NO/c16-12-7-4-11(5-8-12)6-9-15(19)18-14-3-1-2-13(17)10-14/h1-10H,(H,18,19). The summed E-state index contributed by atoms with van der Waals surface area (Å²) in [5, 5.41) is 2.80. The quantitative estimate of drug-likeness (QED) is 0.756. The molecular weight excluding hydrogens is 370 g/mol. The number of carbonyl (C=O) groups excluding carboxylic acids is 1. The largest absolute Gasteiger partial charge is 0.322 e. The lowest BCUT2D eigenvalue weighted by Crippen LogP contribution is -2.07. The molecule has 1 N–H and O–H groups in total. The van der Waals surface area contributed by atoms with Gasteiger partial charge in [-0.25, -0.2) is 0 Å². The number of hydrogen-bond acceptors (Lipinski definition) is 1. The van der Waals surface area contributed by atoms with Crippen LogP contribution in [0.4, 0.5) is 5.69 Å². The Balaban J connectivity index is 1.99. The van der Waals surface area contributed by atoms with Crippen molar-refractivity contribution in [1.82, 2.24) is 0 Å². The zero-order chi connectivity index (χ0) is 13.7. The van der Waals surface area contributed by atoms with Crippen molar-refractivity contribution in [2.45, 2.75) is 0 Å². The van der Waals surface area contributed by atoms with Crippen LogP contribution < -0.4 is 5.32 Å². The lowest BCUT2D eigenvalue weighted by atomic mass is 10.2. The summed E-state index contributed by atoms with van der Waals surface area (Å²) in [7, 11) is 0. The second kappa shape index (κ2) is 6.68. The predicted molar refractivity (Wildman–Crippen MR) is 85.9 cm³/mol. The van der Waals surface area contributed by atoms with E-state index in [1.165, 1.54) is 6.08 Å². The molecule has 0 aliphatic rings. The molecule has 0 bridgehead atoms. The third-order valence-corrected chi connectivity index (χ3v) is 3.41. The first kappa shape index (κ1) is 14.0. The minimum Gasteiger partial charge on any atom is -0.322 e. The van der Waals surface area contributed by atoms with E-state index >= 15 is 0 Å². The van der Waals surface area contributed by atoms with E-state index < -0.39 is 0 Å². The number of carbonyl (C=O) groups is 1. The van der Waals surface area contributed by atoms with Gasteiger partial charge in [0.05, 0.1) is 0 Å². The van der Waals surface area contributed by atoms with Crippen molar-refractivity contribution in [2.24, 2.45) is 0 Å². The molecule has 4 heteroatoms. The van der Waals surface area contributed by atoms with Crippen LogP contribution in [-0.2, 0) is 4.79 Å². The van der Waals surface area contributed by atoms with Gasteiger partial charge in [-0.15, -0.1) is 0 Å². The maximum Gasteiger partial charge on any atom is 0.248 e. The lowest BCUT2D eigenvalue weighted by Gasteiger charge is -2.02. The highest BCUT2D eigenvalue weighted by atomic mass is 79.9. The Hall–Kier alpha value is -1.39. The summed E-state index contributed by atoms with van der Waals surface area (Å²) in [6.07, 6.45) is 3.30. The number of rotatable bonds is 3. The van der Waals surface area contributed by atoms with Gasteiger partial charge >= 0.3 is 0 Å². The van der Waals surface area contributed by atoms with E-state index in [4.69, 9.17) is 0 Å². The molecule has 2 aromatic carbocycles. The fourth-order valence-electron chi connectivity index (χ4n) is 1.50. The summed E-state index contributed by atoms with van der Waals surface area (Å²) in [6, 6.07) is 15.2. The van der Waals surface area contributed by atoms with Gasteiger partial charge in [0.1, 0.15) is 0 Å². The summed E-state index contributed by atoms with van der Waals surface area (Å²) in [5.41, 5.74) is 1.74. The van der Waals surface area contributed by atoms with Gasteiger partial charge in [0.15, 0.2) is 0 Å². The average molecular weight is 381 g/mol. The predicted octanol–water partition coefficient (Wildman–Crippen LogP) is 4.86. The number of benzene rings is 2. The van der Waals surface area contributed by atoms with Gasteiger partial charge in [0, 0.05) is 20.7 Å². The molecule has 0 radical (unpaired) electrons. The van der Waals surface area contributed by atoms with Crippen LogP contribution in [0.3, 0.4) is 0 Å². The third-order valence-electron chi connectivity index (χ3n) is 2.39. The first-order valence-corrected chi connectivity index (χ1v) is 7.22. The molecule has 0 spiro atoms. The van der Waals surface area contributed by atoms with Crippen LogP contribution in [0.1, 0.15) is 5.56 Å². The Morgan fingerprint density at radius 3 is 2.42 bits per heavy atom. The van der Waals surface area contributed by atoms with E-state index in [0.29, 0.717) is 0 Å². The minimum atomic E-state index is -0.152.